The fourth-order valence-electron chi connectivity index (χ4n) is 4.70. The second-order valence-electron chi connectivity index (χ2n) is 9.66. The van der Waals surface area contributed by atoms with Gasteiger partial charge in [-0.3, -0.25) is 9.79 Å². The van der Waals surface area contributed by atoms with Crippen molar-refractivity contribution < 1.29 is 28.6 Å². The minimum atomic E-state index is -0.807. The molecule has 0 bridgehead atoms. The smallest absolute Gasteiger partial charge is 0.337 e. The molecule has 2 unspecified atom stereocenters. The van der Waals surface area contributed by atoms with Crippen LogP contribution in [0.15, 0.2) is 96.0 Å². The van der Waals surface area contributed by atoms with Crippen molar-refractivity contribution in [3.8, 4) is 16.3 Å². The molecule has 4 aromatic carbocycles. The number of fused-ring (bicyclic) bond motifs is 2. The van der Waals surface area contributed by atoms with Crippen LogP contribution in [0.25, 0.3) is 20.8 Å². The summed E-state index contributed by atoms with van der Waals surface area (Å²) < 4.78 is 16.9. The largest absolute Gasteiger partial charge is 0.469 e. The third kappa shape index (κ3) is 5.73. The maximum atomic E-state index is 14.0. The van der Waals surface area contributed by atoms with E-state index in [2.05, 4.69) is 10.3 Å². The number of rotatable bonds is 7. The van der Waals surface area contributed by atoms with Crippen molar-refractivity contribution >= 4 is 56.9 Å². The van der Waals surface area contributed by atoms with Crippen LogP contribution >= 0.6 is 11.3 Å². The molecule has 0 fully saturated rings. The molecule has 1 aliphatic rings. The fraction of sp³-hybridized carbons (Fsp3) is 0.121. The van der Waals surface area contributed by atoms with Crippen LogP contribution in [0.1, 0.15) is 31.1 Å². The van der Waals surface area contributed by atoms with Crippen molar-refractivity contribution in [3.05, 3.63) is 108 Å². The minimum Gasteiger partial charge on any atom is -0.469 e. The quantitative estimate of drug-likeness (QED) is 0.167. The predicted octanol–water partition coefficient (Wildman–Crippen LogP) is 6.57. The Labute approximate surface area is 250 Å². The summed E-state index contributed by atoms with van der Waals surface area (Å²) in [6.45, 7) is 0. The van der Waals surface area contributed by atoms with Gasteiger partial charge in [-0.25, -0.2) is 14.6 Å². The molecule has 1 aliphatic heterocycles. The maximum absolute atomic E-state index is 14.0. The number of esters is 2. The van der Waals surface area contributed by atoms with Crippen molar-refractivity contribution in [2.45, 2.75) is 6.23 Å². The van der Waals surface area contributed by atoms with E-state index in [0.29, 0.717) is 33.8 Å². The standard InChI is InChI=1S/C33H25N3O6S/c1-40-32(38)19-7-12-22(13-8-19)34-18-25-29(37)24-17-21(31-36-26-5-3-4-6-28(26)43-31)11-16-27(24)42-30(25)35-23-14-9-20(10-15-23)33(39)41-2/h3-18,25,30,35H,1-2H3. The van der Waals surface area contributed by atoms with Crippen molar-refractivity contribution in [2.75, 3.05) is 19.5 Å². The zero-order valence-electron chi connectivity index (χ0n) is 23.1. The molecule has 1 N–H and O–H groups in total. The highest BCUT2D eigenvalue weighted by Crippen LogP contribution is 2.37. The van der Waals surface area contributed by atoms with E-state index in [1.807, 2.05) is 36.4 Å². The molecule has 0 aliphatic carbocycles. The van der Waals surface area contributed by atoms with E-state index in [1.165, 1.54) is 14.2 Å². The van der Waals surface area contributed by atoms with Gasteiger partial charge in [0.1, 0.15) is 16.7 Å². The molecule has 0 saturated carbocycles. The second kappa shape index (κ2) is 11.9. The van der Waals surface area contributed by atoms with Gasteiger partial charge in [-0.2, -0.15) is 0 Å². The molecule has 9 nitrogen and oxygen atoms in total. The van der Waals surface area contributed by atoms with Gasteiger partial charge >= 0.3 is 11.9 Å². The highest BCUT2D eigenvalue weighted by molar-refractivity contribution is 7.21. The van der Waals surface area contributed by atoms with Gasteiger partial charge in [-0.05, 0) is 78.9 Å². The van der Waals surface area contributed by atoms with E-state index < -0.39 is 24.1 Å². The van der Waals surface area contributed by atoms with Gasteiger partial charge in [0.15, 0.2) is 12.0 Å². The molecule has 43 heavy (non-hydrogen) atoms. The molecular weight excluding hydrogens is 566 g/mol. The average Bonchev–Trinajstić information content (AvgIpc) is 3.49. The predicted molar refractivity (Wildman–Crippen MR) is 165 cm³/mol. The van der Waals surface area contributed by atoms with Gasteiger partial charge in [0.2, 0.25) is 0 Å². The highest BCUT2D eigenvalue weighted by atomic mass is 32.1. The van der Waals surface area contributed by atoms with Crippen LogP contribution in [0.3, 0.4) is 0 Å². The van der Waals surface area contributed by atoms with E-state index in [-0.39, 0.29) is 5.78 Å². The van der Waals surface area contributed by atoms with Gasteiger partial charge < -0.3 is 19.5 Å². The number of hydrogen-bond acceptors (Lipinski definition) is 10. The number of methoxy groups -OCH3 is 2. The maximum Gasteiger partial charge on any atom is 0.337 e. The summed E-state index contributed by atoms with van der Waals surface area (Å²) in [6.07, 6.45) is 0.749. The van der Waals surface area contributed by atoms with Crippen molar-refractivity contribution in [1.29, 1.82) is 0 Å². The van der Waals surface area contributed by atoms with Crippen LogP contribution in [0.2, 0.25) is 0 Å². The first-order valence-electron chi connectivity index (χ1n) is 13.3. The fourth-order valence-corrected chi connectivity index (χ4v) is 5.66. The number of benzene rings is 4. The molecule has 6 rings (SSSR count). The van der Waals surface area contributed by atoms with Crippen LogP contribution in [0.5, 0.6) is 5.75 Å². The SMILES string of the molecule is COC(=O)c1ccc(N=CC2C(=O)c3cc(-c4nc5ccccc5s4)ccc3OC2Nc2ccc(C(=O)OC)cc2)cc1. The molecule has 0 radical (unpaired) electrons. The van der Waals surface area contributed by atoms with Gasteiger partial charge in [0.25, 0.3) is 0 Å². The Morgan fingerprint density at radius 1 is 0.907 bits per heavy atom. The number of Topliss-reactive ketones (excluding diaryl/α,β-unsaturated/α-hetero) is 1. The first-order valence-corrected chi connectivity index (χ1v) is 14.1. The number of aliphatic imine (C=N–C) groups is 1. The molecule has 10 heteroatoms. The summed E-state index contributed by atoms with van der Waals surface area (Å²) in [5, 5.41) is 4.06. The number of hydrogen-bond donors (Lipinski definition) is 1. The molecular formula is C33H25N3O6S. The lowest BCUT2D eigenvalue weighted by atomic mass is 9.92. The first kappa shape index (κ1) is 27.8. The van der Waals surface area contributed by atoms with Crippen molar-refractivity contribution in [1.82, 2.24) is 4.98 Å². The van der Waals surface area contributed by atoms with Gasteiger partial charge in [-0.1, -0.05) is 12.1 Å². The normalized spacial score (nSPS) is 16.0. The Bertz CT molecular complexity index is 1830. The minimum absolute atomic E-state index is 0.178. The molecule has 0 amide bonds. The average molecular weight is 592 g/mol. The van der Waals surface area contributed by atoms with Gasteiger partial charge in [0, 0.05) is 17.5 Å². The van der Waals surface area contributed by atoms with E-state index in [1.54, 1.807) is 72.1 Å². The molecule has 2 heterocycles. The lowest BCUT2D eigenvalue weighted by molar-refractivity contribution is 0.0592. The third-order valence-electron chi connectivity index (χ3n) is 6.96. The summed E-state index contributed by atoms with van der Waals surface area (Å²) in [5.74, 6) is -1.45. The van der Waals surface area contributed by atoms with Crippen molar-refractivity contribution in [2.24, 2.45) is 10.9 Å². The number of ether oxygens (including phenoxy) is 3. The number of aromatic nitrogens is 1. The monoisotopic (exact) mass is 591 g/mol. The topological polar surface area (TPSA) is 116 Å². The Hall–Kier alpha value is -5.35. The number of carbonyl (C=O) groups is 3. The molecule has 2 atom stereocenters. The summed E-state index contributed by atoms with van der Waals surface area (Å²) in [7, 11) is 2.64. The molecule has 1 aromatic heterocycles. The Morgan fingerprint density at radius 2 is 1.58 bits per heavy atom. The van der Waals surface area contributed by atoms with Crippen LogP contribution in [-0.4, -0.2) is 49.4 Å². The lowest BCUT2D eigenvalue weighted by Crippen LogP contribution is -2.43. The summed E-state index contributed by atoms with van der Waals surface area (Å²) >= 11 is 1.55. The van der Waals surface area contributed by atoms with Crippen LogP contribution in [-0.2, 0) is 9.47 Å². The Morgan fingerprint density at radius 3 is 2.26 bits per heavy atom. The Kier molecular flexibility index (Phi) is 7.67. The molecule has 0 spiro atoms. The number of nitrogens with zero attached hydrogens (tertiary/aromatic N) is 2. The number of para-hydroxylation sites is 1. The van der Waals surface area contributed by atoms with Crippen LogP contribution in [0, 0.1) is 5.92 Å². The molecule has 5 aromatic rings. The van der Waals surface area contributed by atoms with Crippen molar-refractivity contribution in [3.63, 3.8) is 0 Å². The summed E-state index contributed by atoms with van der Waals surface area (Å²) in [4.78, 5) is 47.0. The van der Waals surface area contributed by atoms with Gasteiger partial charge in [0.05, 0.1) is 46.8 Å². The third-order valence-corrected chi connectivity index (χ3v) is 8.04. The van der Waals surface area contributed by atoms with E-state index in [9.17, 15) is 14.4 Å². The summed E-state index contributed by atoms with van der Waals surface area (Å²) in [5.41, 5.74) is 4.12. The highest BCUT2D eigenvalue weighted by Gasteiger charge is 2.37. The van der Waals surface area contributed by atoms with Gasteiger partial charge in [-0.15, -0.1) is 11.3 Å². The number of ketones is 1. The second-order valence-corrected chi connectivity index (χ2v) is 10.7. The number of carbonyl (C=O) groups excluding carboxylic acids is 3. The van der Waals surface area contributed by atoms with E-state index in [0.717, 1.165) is 20.8 Å². The van der Waals surface area contributed by atoms with E-state index in [4.69, 9.17) is 19.2 Å². The number of nitrogens with one attached hydrogen (secondary N) is 1. The first-order chi connectivity index (χ1) is 20.9. The molecule has 214 valence electrons. The van der Waals surface area contributed by atoms with Crippen LogP contribution in [0.4, 0.5) is 11.4 Å². The van der Waals surface area contributed by atoms with Crippen LogP contribution < -0.4 is 10.1 Å². The lowest BCUT2D eigenvalue weighted by Gasteiger charge is -2.32. The zero-order chi connectivity index (χ0) is 29.9. The number of thiazole rings is 1. The number of anilines is 1. The summed E-state index contributed by atoms with van der Waals surface area (Å²) in [6, 6.07) is 26.6. The molecule has 0 saturated heterocycles. The zero-order valence-corrected chi connectivity index (χ0v) is 24.0. The van der Waals surface area contributed by atoms with E-state index >= 15 is 0 Å². The Balaban J connectivity index is 1.33.